The smallest absolute Gasteiger partial charge is 0.267 e. The number of nitrogens with one attached hydrogen (secondary N) is 1. The number of benzene rings is 1. The molecular formula is C22H25N3O3S2. The molecule has 0 saturated carbocycles. The Kier molecular flexibility index (Phi) is 6.43. The normalized spacial score (nSPS) is 13.3. The van der Waals surface area contributed by atoms with Gasteiger partial charge < -0.3 is 10.1 Å². The molecule has 0 saturated heterocycles. The van der Waals surface area contributed by atoms with Crippen molar-refractivity contribution in [1.29, 1.82) is 0 Å². The number of thioether (sulfide) groups is 1. The third-order valence-electron chi connectivity index (χ3n) is 5.07. The minimum absolute atomic E-state index is 0.0537. The highest BCUT2D eigenvalue weighted by Gasteiger charge is 2.23. The molecule has 1 aliphatic carbocycles. The van der Waals surface area contributed by atoms with Crippen molar-refractivity contribution in [3.8, 4) is 11.4 Å². The number of hydrogen-bond donors (Lipinski definition) is 1. The van der Waals surface area contributed by atoms with Crippen LogP contribution in [0, 0.1) is 0 Å². The molecule has 0 fully saturated rings. The van der Waals surface area contributed by atoms with Crippen LogP contribution in [0.2, 0.25) is 0 Å². The Bertz CT molecular complexity index is 1120. The molecular weight excluding hydrogens is 418 g/mol. The minimum atomic E-state index is -0.0689. The monoisotopic (exact) mass is 443 g/mol. The van der Waals surface area contributed by atoms with Gasteiger partial charge in [-0.25, -0.2) is 4.98 Å². The van der Waals surface area contributed by atoms with Crippen LogP contribution >= 0.6 is 23.1 Å². The molecule has 1 aromatic carbocycles. The summed E-state index contributed by atoms with van der Waals surface area (Å²) in [5.41, 5.74) is 1.84. The molecule has 0 aliphatic heterocycles. The Balaban J connectivity index is 1.83. The quantitative estimate of drug-likeness (QED) is 0.442. The minimum Gasteiger partial charge on any atom is -0.494 e. The molecule has 1 amide bonds. The van der Waals surface area contributed by atoms with E-state index in [1.807, 2.05) is 38.1 Å². The van der Waals surface area contributed by atoms with Crippen LogP contribution in [0.3, 0.4) is 0 Å². The van der Waals surface area contributed by atoms with Crippen molar-refractivity contribution in [3.63, 3.8) is 0 Å². The van der Waals surface area contributed by atoms with E-state index in [2.05, 4.69) is 5.32 Å². The highest BCUT2D eigenvalue weighted by molar-refractivity contribution is 7.99. The van der Waals surface area contributed by atoms with Crippen LogP contribution in [-0.2, 0) is 17.6 Å². The molecule has 1 N–H and O–H groups in total. The fraction of sp³-hybridized carbons (Fsp3) is 0.409. The van der Waals surface area contributed by atoms with E-state index in [9.17, 15) is 9.59 Å². The zero-order chi connectivity index (χ0) is 21.1. The Labute approximate surface area is 183 Å². The van der Waals surface area contributed by atoms with E-state index in [1.54, 1.807) is 15.9 Å². The van der Waals surface area contributed by atoms with Crippen molar-refractivity contribution < 1.29 is 9.53 Å². The van der Waals surface area contributed by atoms with Gasteiger partial charge in [-0.3, -0.25) is 14.2 Å². The first-order valence-electron chi connectivity index (χ1n) is 10.3. The molecule has 158 valence electrons. The number of carbonyl (C=O) groups is 1. The van der Waals surface area contributed by atoms with Crippen molar-refractivity contribution in [2.24, 2.45) is 0 Å². The summed E-state index contributed by atoms with van der Waals surface area (Å²) in [5, 5.41) is 4.08. The van der Waals surface area contributed by atoms with Gasteiger partial charge in [-0.05, 0) is 69.4 Å². The maximum atomic E-state index is 13.6. The second kappa shape index (κ2) is 9.22. The fourth-order valence-electron chi connectivity index (χ4n) is 3.75. The van der Waals surface area contributed by atoms with Gasteiger partial charge >= 0.3 is 0 Å². The van der Waals surface area contributed by atoms with Crippen molar-refractivity contribution in [2.45, 2.75) is 44.7 Å². The van der Waals surface area contributed by atoms with Crippen molar-refractivity contribution in [2.75, 3.05) is 18.9 Å². The van der Waals surface area contributed by atoms with Gasteiger partial charge in [0.05, 0.1) is 23.4 Å². The number of aromatic nitrogens is 2. The molecule has 4 rings (SSSR count). The second-order valence-corrected chi connectivity index (χ2v) is 9.12. The Morgan fingerprint density at radius 1 is 1.23 bits per heavy atom. The van der Waals surface area contributed by atoms with E-state index in [0.717, 1.165) is 47.3 Å². The summed E-state index contributed by atoms with van der Waals surface area (Å²) >= 11 is 2.92. The van der Waals surface area contributed by atoms with E-state index in [0.29, 0.717) is 18.3 Å². The third kappa shape index (κ3) is 4.11. The zero-order valence-electron chi connectivity index (χ0n) is 17.2. The molecule has 0 unspecified atom stereocenters. The van der Waals surface area contributed by atoms with Crippen LogP contribution in [0.25, 0.3) is 15.9 Å². The molecule has 6 nitrogen and oxygen atoms in total. The van der Waals surface area contributed by atoms with Crippen LogP contribution in [0.1, 0.15) is 37.1 Å². The average Bonchev–Trinajstić information content (AvgIpc) is 3.12. The maximum Gasteiger partial charge on any atom is 0.267 e. The zero-order valence-corrected chi connectivity index (χ0v) is 18.8. The highest BCUT2D eigenvalue weighted by Crippen LogP contribution is 2.35. The number of hydrogen-bond acceptors (Lipinski definition) is 6. The topological polar surface area (TPSA) is 73.2 Å². The molecule has 30 heavy (non-hydrogen) atoms. The highest BCUT2D eigenvalue weighted by atomic mass is 32.2. The molecule has 8 heteroatoms. The Morgan fingerprint density at radius 3 is 2.73 bits per heavy atom. The number of thiophene rings is 1. The van der Waals surface area contributed by atoms with Gasteiger partial charge in [0, 0.05) is 11.4 Å². The lowest BCUT2D eigenvalue weighted by molar-refractivity contribution is -0.118. The summed E-state index contributed by atoms with van der Waals surface area (Å²) < 4.78 is 7.18. The van der Waals surface area contributed by atoms with Gasteiger partial charge in [-0.1, -0.05) is 11.8 Å². The number of aryl methyl sites for hydroxylation is 2. The lowest BCUT2D eigenvalue weighted by atomic mass is 9.97. The summed E-state index contributed by atoms with van der Waals surface area (Å²) in [6, 6.07) is 7.46. The second-order valence-electron chi connectivity index (χ2n) is 7.10. The fourth-order valence-corrected chi connectivity index (χ4v) is 5.89. The van der Waals surface area contributed by atoms with E-state index in [-0.39, 0.29) is 17.2 Å². The van der Waals surface area contributed by atoms with Gasteiger partial charge in [0.1, 0.15) is 10.6 Å². The van der Waals surface area contributed by atoms with Crippen molar-refractivity contribution >= 4 is 39.2 Å². The molecule has 1 aliphatic rings. The molecule has 0 radical (unpaired) electrons. The van der Waals surface area contributed by atoms with E-state index in [1.165, 1.54) is 22.2 Å². The number of nitrogens with zero attached hydrogens (tertiary/aromatic N) is 2. The molecule has 0 atom stereocenters. The standard InChI is InChI=1S/C22H25N3O3S2/c1-3-23-18(26)13-29-22-24-20-19(16-7-5-6-8-17(16)30-20)21(27)25(22)14-9-11-15(12-10-14)28-4-2/h9-12H,3-8,13H2,1-2H3,(H,23,26). The average molecular weight is 444 g/mol. The SMILES string of the molecule is CCNC(=O)CSc1nc2sc3c(c2c(=O)n1-c1ccc(OCC)cc1)CCCC3. The van der Waals surface area contributed by atoms with Crippen LogP contribution in [0.5, 0.6) is 5.75 Å². The van der Waals surface area contributed by atoms with E-state index >= 15 is 0 Å². The molecule has 0 bridgehead atoms. The molecule has 2 aromatic heterocycles. The van der Waals surface area contributed by atoms with Gasteiger partial charge in [-0.2, -0.15) is 0 Å². The predicted octanol–water partition coefficient (Wildman–Crippen LogP) is 3.95. The summed E-state index contributed by atoms with van der Waals surface area (Å²) in [4.78, 5) is 32.6. The first kappa shape index (κ1) is 20.9. The number of ether oxygens (including phenoxy) is 1. The van der Waals surface area contributed by atoms with E-state index < -0.39 is 0 Å². The van der Waals surface area contributed by atoms with Gasteiger partial charge in [-0.15, -0.1) is 11.3 Å². The summed E-state index contributed by atoms with van der Waals surface area (Å²) in [6.45, 7) is 4.99. The molecule has 3 aromatic rings. The third-order valence-corrected chi connectivity index (χ3v) is 7.19. The van der Waals surface area contributed by atoms with Crippen LogP contribution in [-0.4, -0.2) is 34.4 Å². The lowest BCUT2D eigenvalue weighted by Gasteiger charge is -2.14. The van der Waals surface area contributed by atoms with Crippen LogP contribution in [0.15, 0.2) is 34.2 Å². The first-order valence-corrected chi connectivity index (χ1v) is 12.1. The maximum absolute atomic E-state index is 13.6. The summed E-state index contributed by atoms with van der Waals surface area (Å²) in [7, 11) is 0. The molecule has 2 heterocycles. The number of rotatable bonds is 7. The van der Waals surface area contributed by atoms with E-state index in [4.69, 9.17) is 9.72 Å². The van der Waals surface area contributed by atoms with Crippen molar-refractivity contribution in [1.82, 2.24) is 14.9 Å². The Hall–Kier alpha value is -2.32. The first-order chi connectivity index (χ1) is 14.6. The van der Waals surface area contributed by atoms with Gasteiger partial charge in [0.25, 0.3) is 5.56 Å². The number of carbonyl (C=O) groups excluding carboxylic acids is 1. The lowest BCUT2D eigenvalue weighted by Crippen LogP contribution is -2.26. The molecule has 0 spiro atoms. The van der Waals surface area contributed by atoms with Crippen molar-refractivity contribution in [3.05, 3.63) is 45.1 Å². The van der Waals surface area contributed by atoms with Gasteiger partial charge in [0.15, 0.2) is 5.16 Å². The number of amides is 1. The predicted molar refractivity (Wildman–Crippen MR) is 122 cm³/mol. The van der Waals surface area contributed by atoms with Crippen LogP contribution in [0.4, 0.5) is 0 Å². The Morgan fingerprint density at radius 2 is 2.00 bits per heavy atom. The summed E-state index contributed by atoms with van der Waals surface area (Å²) in [5.74, 6) is 0.904. The van der Waals surface area contributed by atoms with Gasteiger partial charge in [0.2, 0.25) is 5.91 Å². The largest absolute Gasteiger partial charge is 0.494 e. The number of fused-ring (bicyclic) bond motifs is 3. The summed E-state index contributed by atoms with van der Waals surface area (Å²) in [6.07, 6.45) is 4.21. The van der Waals surface area contributed by atoms with Crippen LogP contribution < -0.4 is 15.6 Å².